The number of amides is 1. The second-order valence-electron chi connectivity index (χ2n) is 6.49. The number of carbonyl (C=O) groups is 2. The number of nitrogens with one attached hydrogen (secondary N) is 1. The Morgan fingerprint density at radius 1 is 1.04 bits per heavy atom. The van der Waals surface area contributed by atoms with Crippen molar-refractivity contribution in [3.63, 3.8) is 0 Å². The molecule has 27 heavy (non-hydrogen) atoms. The second-order valence-corrected chi connectivity index (χ2v) is 6.92. The van der Waals surface area contributed by atoms with E-state index in [0.29, 0.717) is 10.8 Å². The summed E-state index contributed by atoms with van der Waals surface area (Å²) in [5.41, 5.74) is 1.88. The Morgan fingerprint density at radius 2 is 1.78 bits per heavy atom. The van der Waals surface area contributed by atoms with Crippen molar-refractivity contribution in [1.82, 2.24) is 5.32 Å². The summed E-state index contributed by atoms with van der Waals surface area (Å²) in [5.74, 6) is -0.0722. The molecule has 0 bridgehead atoms. The topological polar surface area (TPSA) is 64.6 Å². The first kappa shape index (κ1) is 20.8. The van der Waals surface area contributed by atoms with E-state index in [2.05, 4.69) is 5.32 Å². The van der Waals surface area contributed by atoms with Crippen molar-refractivity contribution in [3.8, 4) is 5.75 Å². The van der Waals surface area contributed by atoms with Crippen LogP contribution in [0.4, 0.5) is 0 Å². The van der Waals surface area contributed by atoms with E-state index in [1.165, 1.54) is 0 Å². The number of hydrogen-bond acceptors (Lipinski definition) is 4. The number of ether oxygens (including phenoxy) is 2. The van der Waals surface area contributed by atoms with E-state index in [4.69, 9.17) is 21.1 Å². The minimum atomic E-state index is -0.598. The molecule has 1 amide bonds. The van der Waals surface area contributed by atoms with Crippen molar-refractivity contribution < 1.29 is 19.1 Å². The van der Waals surface area contributed by atoms with Gasteiger partial charge in [-0.2, -0.15) is 0 Å². The molecule has 0 aliphatic heterocycles. The number of esters is 1. The molecule has 0 radical (unpaired) electrons. The van der Waals surface area contributed by atoms with E-state index in [9.17, 15) is 9.59 Å². The number of hydrogen-bond donors (Lipinski definition) is 1. The number of para-hydroxylation sites is 1. The van der Waals surface area contributed by atoms with Crippen LogP contribution >= 0.6 is 11.6 Å². The quantitative estimate of drug-likeness (QED) is 0.685. The van der Waals surface area contributed by atoms with Crippen LogP contribution in [-0.4, -0.2) is 25.1 Å². The highest BCUT2D eigenvalue weighted by molar-refractivity contribution is 6.30. The van der Waals surface area contributed by atoms with Gasteiger partial charge in [-0.1, -0.05) is 55.8 Å². The first-order valence-electron chi connectivity index (χ1n) is 8.79. The third-order valence-corrected chi connectivity index (χ3v) is 4.21. The fourth-order valence-corrected chi connectivity index (χ4v) is 2.75. The fraction of sp³-hybridized carbons (Fsp3) is 0.333. The van der Waals surface area contributed by atoms with Gasteiger partial charge in [-0.25, -0.2) is 4.79 Å². The Bertz CT molecular complexity index is 791. The lowest BCUT2D eigenvalue weighted by Crippen LogP contribution is -2.32. The van der Waals surface area contributed by atoms with E-state index in [-0.39, 0.29) is 25.2 Å². The summed E-state index contributed by atoms with van der Waals surface area (Å²) in [6.45, 7) is 5.31. The van der Waals surface area contributed by atoms with Crippen LogP contribution in [-0.2, 0) is 14.3 Å². The third kappa shape index (κ3) is 6.61. The Hall–Kier alpha value is -2.53. The van der Waals surface area contributed by atoms with Gasteiger partial charge in [0.25, 0.3) is 5.91 Å². The normalized spacial score (nSPS) is 11.7. The van der Waals surface area contributed by atoms with E-state index >= 15 is 0 Å². The summed E-state index contributed by atoms with van der Waals surface area (Å²) in [6.07, 6.45) is 0. The van der Waals surface area contributed by atoms with E-state index in [1.54, 1.807) is 12.1 Å². The molecule has 0 heterocycles. The van der Waals surface area contributed by atoms with Gasteiger partial charge in [0.2, 0.25) is 0 Å². The molecule has 6 heteroatoms. The maximum atomic E-state index is 12.0. The van der Waals surface area contributed by atoms with Gasteiger partial charge in [0.15, 0.2) is 13.2 Å². The minimum absolute atomic E-state index is 0.246. The molecule has 144 valence electrons. The van der Waals surface area contributed by atoms with Crippen LogP contribution in [0, 0.1) is 0 Å². The minimum Gasteiger partial charge on any atom is -0.482 e. The first-order valence-corrected chi connectivity index (χ1v) is 9.16. The largest absolute Gasteiger partial charge is 0.482 e. The zero-order valence-corrected chi connectivity index (χ0v) is 16.5. The van der Waals surface area contributed by atoms with Gasteiger partial charge in [0.05, 0.1) is 6.04 Å². The van der Waals surface area contributed by atoms with E-state index in [1.807, 2.05) is 57.2 Å². The number of halogens is 1. The van der Waals surface area contributed by atoms with Crippen LogP contribution in [0.15, 0.2) is 48.5 Å². The van der Waals surface area contributed by atoms with Crippen molar-refractivity contribution in [2.24, 2.45) is 0 Å². The molecule has 1 N–H and O–H groups in total. The molecule has 0 unspecified atom stereocenters. The van der Waals surface area contributed by atoms with Crippen LogP contribution in [0.3, 0.4) is 0 Å². The van der Waals surface area contributed by atoms with Crippen molar-refractivity contribution in [3.05, 3.63) is 64.7 Å². The lowest BCUT2D eigenvalue weighted by Gasteiger charge is -2.15. The standard InChI is InChI=1S/C21H24ClNO4/c1-14(2)18-9-4-5-10-19(18)26-13-21(25)27-12-20(24)23-15(3)16-7-6-8-17(22)11-16/h4-11,14-15H,12-13H2,1-3H3,(H,23,24)/t15-/m0/s1. The highest BCUT2D eigenvalue weighted by Gasteiger charge is 2.14. The molecule has 0 fully saturated rings. The summed E-state index contributed by atoms with van der Waals surface area (Å²) in [5, 5.41) is 3.36. The molecule has 2 aromatic rings. The highest BCUT2D eigenvalue weighted by Crippen LogP contribution is 2.25. The van der Waals surface area contributed by atoms with Crippen LogP contribution in [0.5, 0.6) is 5.75 Å². The third-order valence-electron chi connectivity index (χ3n) is 3.98. The Kier molecular flexibility index (Phi) is 7.67. The van der Waals surface area contributed by atoms with Crippen molar-refractivity contribution >= 4 is 23.5 Å². The molecule has 2 rings (SSSR count). The Labute approximate surface area is 164 Å². The molecule has 2 aromatic carbocycles. The average molecular weight is 390 g/mol. The lowest BCUT2D eigenvalue weighted by molar-refractivity contribution is -0.150. The second kappa shape index (κ2) is 9.97. The van der Waals surface area contributed by atoms with Gasteiger partial charge in [0.1, 0.15) is 5.75 Å². The van der Waals surface area contributed by atoms with Crippen molar-refractivity contribution in [2.45, 2.75) is 32.7 Å². The summed E-state index contributed by atoms with van der Waals surface area (Å²) >= 11 is 5.95. The molecule has 0 spiro atoms. The van der Waals surface area contributed by atoms with Gasteiger partial charge in [-0.15, -0.1) is 0 Å². The molecule has 5 nitrogen and oxygen atoms in total. The zero-order valence-electron chi connectivity index (χ0n) is 15.7. The SMILES string of the molecule is CC(C)c1ccccc1OCC(=O)OCC(=O)N[C@@H](C)c1cccc(Cl)c1. The van der Waals surface area contributed by atoms with Crippen LogP contribution < -0.4 is 10.1 Å². The molecule has 0 aliphatic carbocycles. The van der Waals surface area contributed by atoms with Gasteiger partial charge in [-0.3, -0.25) is 4.79 Å². The van der Waals surface area contributed by atoms with Gasteiger partial charge >= 0.3 is 5.97 Å². The molecule has 0 saturated heterocycles. The molecular formula is C21H24ClNO4. The summed E-state index contributed by atoms with van der Waals surface area (Å²) < 4.78 is 10.5. The Morgan fingerprint density at radius 3 is 2.48 bits per heavy atom. The van der Waals surface area contributed by atoms with Gasteiger partial charge in [-0.05, 0) is 42.2 Å². The molecule has 0 aromatic heterocycles. The summed E-state index contributed by atoms with van der Waals surface area (Å²) in [6, 6.07) is 14.5. The number of benzene rings is 2. The maximum Gasteiger partial charge on any atom is 0.344 e. The monoisotopic (exact) mass is 389 g/mol. The van der Waals surface area contributed by atoms with Crippen LogP contribution in [0.25, 0.3) is 0 Å². The van der Waals surface area contributed by atoms with Crippen molar-refractivity contribution in [2.75, 3.05) is 13.2 Å². The molecular weight excluding hydrogens is 366 g/mol. The van der Waals surface area contributed by atoms with Gasteiger partial charge < -0.3 is 14.8 Å². The zero-order chi connectivity index (χ0) is 19.8. The maximum absolute atomic E-state index is 12.0. The molecule has 0 aliphatic rings. The van der Waals surface area contributed by atoms with Gasteiger partial charge in [0, 0.05) is 5.02 Å². The van der Waals surface area contributed by atoms with E-state index < -0.39 is 11.9 Å². The smallest absolute Gasteiger partial charge is 0.344 e. The summed E-state index contributed by atoms with van der Waals surface area (Å²) in [4.78, 5) is 23.8. The number of carbonyl (C=O) groups excluding carboxylic acids is 2. The predicted molar refractivity (Wildman–Crippen MR) is 105 cm³/mol. The first-order chi connectivity index (χ1) is 12.9. The Balaban J connectivity index is 1.77. The van der Waals surface area contributed by atoms with E-state index in [0.717, 1.165) is 11.1 Å². The summed E-state index contributed by atoms with van der Waals surface area (Å²) in [7, 11) is 0. The molecule has 0 saturated carbocycles. The van der Waals surface area contributed by atoms with Crippen LogP contribution in [0.1, 0.15) is 43.9 Å². The number of rotatable bonds is 8. The lowest BCUT2D eigenvalue weighted by atomic mass is 10.0. The van der Waals surface area contributed by atoms with Crippen LogP contribution in [0.2, 0.25) is 5.02 Å². The predicted octanol–water partition coefficient (Wildman–Crippen LogP) is 4.26. The average Bonchev–Trinajstić information content (AvgIpc) is 2.64. The highest BCUT2D eigenvalue weighted by atomic mass is 35.5. The molecule has 1 atom stereocenters. The van der Waals surface area contributed by atoms with Crippen molar-refractivity contribution in [1.29, 1.82) is 0 Å². The fourth-order valence-electron chi connectivity index (χ4n) is 2.56.